The van der Waals surface area contributed by atoms with Gasteiger partial charge in [0.2, 0.25) is 0 Å². The SMILES string of the molecule is CCC1(/C=C(\C)C(=O)O)CCCCC1. The molecule has 0 aromatic carbocycles. The van der Waals surface area contributed by atoms with Gasteiger partial charge in [0.1, 0.15) is 0 Å². The van der Waals surface area contributed by atoms with Crippen LogP contribution in [0.4, 0.5) is 0 Å². The highest BCUT2D eigenvalue weighted by atomic mass is 16.4. The van der Waals surface area contributed by atoms with E-state index < -0.39 is 5.97 Å². The van der Waals surface area contributed by atoms with Gasteiger partial charge in [-0.1, -0.05) is 32.3 Å². The minimum absolute atomic E-state index is 0.181. The van der Waals surface area contributed by atoms with Crippen molar-refractivity contribution < 1.29 is 9.90 Å². The Morgan fingerprint density at radius 2 is 1.93 bits per heavy atom. The van der Waals surface area contributed by atoms with Crippen LogP contribution >= 0.6 is 0 Å². The minimum Gasteiger partial charge on any atom is -0.478 e. The molecule has 0 bridgehead atoms. The van der Waals surface area contributed by atoms with E-state index in [1.165, 1.54) is 19.3 Å². The van der Waals surface area contributed by atoms with Crippen LogP contribution in [0.2, 0.25) is 0 Å². The molecule has 0 amide bonds. The predicted octanol–water partition coefficient (Wildman–Crippen LogP) is 3.38. The van der Waals surface area contributed by atoms with Crippen molar-refractivity contribution >= 4 is 5.97 Å². The minimum atomic E-state index is -0.775. The summed E-state index contributed by atoms with van der Waals surface area (Å²) in [6.07, 6.45) is 9.19. The summed E-state index contributed by atoms with van der Waals surface area (Å²) in [6, 6.07) is 0. The number of allylic oxidation sites excluding steroid dienone is 1. The molecule has 0 unspecified atom stereocenters. The number of aliphatic carboxylic acids is 1. The van der Waals surface area contributed by atoms with Crippen molar-refractivity contribution in [1.82, 2.24) is 0 Å². The number of rotatable bonds is 3. The van der Waals surface area contributed by atoms with Crippen LogP contribution in [0.1, 0.15) is 52.4 Å². The highest BCUT2D eigenvalue weighted by molar-refractivity contribution is 5.85. The Morgan fingerprint density at radius 1 is 1.36 bits per heavy atom. The van der Waals surface area contributed by atoms with Gasteiger partial charge in [0.05, 0.1) is 0 Å². The Kier molecular flexibility index (Phi) is 3.73. The molecule has 0 aromatic rings. The largest absolute Gasteiger partial charge is 0.478 e. The number of hydrogen-bond donors (Lipinski definition) is 1. The van der Waals surface area contributed by atoms with Crippen LogP contribution in [-0.4, -0.2) is 11.1 Å². The molecular weight excluding hydrogens is 176 g/mol. The zero-order valence-corrected chi connectivity index (χ0v) is 9.18. The molecule has 0 heterocycles. The van der Waals surface area contributed by atoms with Crippen molar-refractivity contribution in [3.63, 3.8) is 0 Å². The summed E-state index contributed by atoms with van der Waals surface area (Å²) in [5.41, 5.74) is 0.689. The van der Waals surface area contributed by atoms with Crippen molar-refractivity contribution in [2.75, 3.05) is 0 Å². The first-order valence-electron chi connectivity index (χ1n) is 5.52. The highest BCUT2D eigenvalue weighted by Gasteiger charge is 2.28. The topological polar surface area (TPSA) is 37.3 Å². The van der Waals surface area contributed by atoms with E-state index in [-0.39, 0.29) is 5.41 Å². The second kappa shape index (κ2) is 4.63. The van der Waals surface area contributed by atoms with Gasteiger partial charge in [-0.05, 0) is 31.6 Å². The summed E-state index contributed by atoms with van der Waals surface area (Å²) in [4.78, 5) is 10.8. The molecular formula is C12H20O2. The molecule has 0 aliphatic heterocycles. The highest BCUT2D eigenvalue weighted by Crippen LogP contribution is 2.41. The second-order valence-electron chi connectivity index (χ2n) is 4.41. The second-order valence-corrected chi connectivity index (χ2v) is 4.41. The van der Waals surface area contributed by atoms with Gasteiger partial charge in [-0.2, -0.15) is 0 Å². The molecule has 1 aliphatic rings. The van der Waals surface area contributed by atoms with E-state index in [4.69, 9.17) is 5.11 Å². The van der Waals surface area contributed by atoms with E-state index in [2.05, 4.69) is 6.92 Å². The molecule has 1 saturated carbocycles. The standard InChI is InChI=1S/C12H20O2/c1-3-12(7-5-4-6-8-12)9-10(2)11(13)14/h9H,3-8H2,1-2H3,(H,13,14)/b10-9+. The Labute approximate surface area is 86.0 Å². The third-order valence-electron chi connectivity index (χ3n) is 3.41. The summed E-state index contributed by atoms with van der Waals surface area (Å²) in [5.74, 6) is -0.775. The molecule has 1 rings (SSSR count). The maximum Gasteiger partial charge on any atom is 0.330 e. The summed E-state index contributed by atoms with van der Waals surface area (Å²) in [7, 11) is 0. The van der Waals surface area contributed by atoms with Crippen molar-refractivity contribution in [2.24, 2.45) is 5.41 Å². The van der Waals surface area contributed by atoms with Crippen LogP contribution in [0.25, 0.3) is 0 Å². The van der Waals surface area contributed by atoms with E-state index in [9.17, 15) is 4.79 Å². The fourth-order valence-electron chi connectivity index (χ4n) is 2.38. The van der Waals surface area contributed by atoms with Gasteiger partial charge in [-0.25, -0.2) is 4.79 Å². The molecule has 0 atom stereocenters. The predicted molar refractivity (Wildman–Crippen MR) is 57.2 cm³/mol. The smallest absolute Gasteiger partial charge is 0.330 e. The molecule has 80 valence electrons. The van der Waals surface area contributed by atoms with Crippen molar-refractivity contribution in [2.45, 2.75) is 52.4 Å². The molecule has 0 spiro atoms. The third kappa shape index (κ3) is 2.60. The average Bonchev–Trinajstić information content (AvgIpc) is 2.19. The van der Waals surface area contributed by atoms with Crippen LogP contribution in [-0.2, 0) is 4.79 Å². The van der Waals surface area contributed by atoms with Crippen LogP contribution in [0.3, 0.4) is 0 Å². The molecule has 1 N–H and O–H groups in total. The lowest BCUT2D eigenvalue weighted by molar-refractivity contribution is -0.132. The van der Waals surface area contributed by atoms with Gasteiger partial charge < -0.3 is 5.11 Å². The Hall–Kier alpha value is -0.790. The van der Waals surface area contributed by atoms with E-state index >= 15 is 0 Å². The van der Waals surface area contributed by atoms with Crippen LogP contribution in [0, 0.1) is 5.41 Å². The molecule has 2 nitrogen and oxygen atoms in total. The molecule has 1 fully saturated rings. The number of carbonyl (C=O) groups is 1. The van der Waals surface area contributed by atoms with E-state index in [0.29, 0.717) is 5.57 Å². The van der Waals surface area contributed by atoms with Gasteiger partial charge in [-0.15, -0.1) is 0 Å². The normalized spacial score (nSPS) is 22.0. The summed E-state index contributed by atoms with van der Waals surface area (Å²) in [5, 5.41) is 8.85. The van der Waals surface area contributed by atoms with Crippen molar-refractivity contribution in [3.8, 4) is 0 Å². The molecule has 0 aromatic heterocycles. The van der Waals surface area contributed by atoms with Gasteiger partial charge in [0.25, 0.3) is 0 Å². The molecule has 2 heteroatoms. The van der Waals surface area contributed by atoms with Crippen molar-refractivity contribution in [3.05, 3.63) is 11.6 Å². The van der Waals surface area contributed by atoms with Gasteiger partial charge >= 0.3 is 5.97 Å². The monoisotopic (exact) mass is 196 g/mol. The van der Waals surface area contributed by atoms with Crippen LogP contribution < -0.4 is 0 Å². The third-order valence-corrected chi connectivity index (χ3v) is 3.41. The van der Waals surface area contributed by atoms with Gasteiger partial charge in [0.15, 0.2) is 0 Å². The number of carboxylic acid groups (broad SMARTS) is 1. The zero-order valence-electron chi connectivity index (χ0n) is 9.18. The first kappa shape index (κ1) is 11.3. The molecule has 0 radical (unpaired) electrons. The Morgan fingerprint density at radius 3 is 2.36 bits per heavy atom. The molecule has 1 aliphatic carbocycles. The lowest BCUT2D eigenvalue weighted by Crippen LogP contribution is -2.21. The fraction of sp³-hybridized carbons (Fsp3) is 0.750. The van der Waals surface area contributed by atoms with E-state index in [0.717, 1.165) is 19.3 Å². The molecule has 14 heavy (non-hydrogen) atoms. The zero-order chi connectivity index (χ0) is 10.6. The first-order chi connectivity index (χ1) is 6.59. The van der Waals surface area contributed by atoms with E-state index in [1.807, 2.05) is 6.08 Å². The van der Waals surface area contributed by atoms with Crippen LogP contribution in [0.5, 0.6) is 0 Å². The summed E-state index contributed by atoms with van der Waals surface area (Å²) in [6.45, 7) is 3.87. The Balaban J connectivity index is 2.78. The van der Waals surface area contributed by atoms with E-state index in [1.54, 1.807) is 6.92 Å². The van der Waals surface area contributed by atoms with Crippen molar-refractivity contribution in [1.29, 1.82) is 0 Å². The van der Waals surface area contributed by atoms with Gasteiger partial charge in [0, 0.05) is 5.57 Å². The number of carboxylic acids is 1. The molecule has 0 saturated heterocycles. The summed E-state index contributed by atoms with van der Waals surface area (Å²) >= 11 is 0. The Bertz CT molecular complexity index is 235. The first-order valence-corrected chi connectivity index (χ1v) is 5.52. The summed E-state index contributed by atoms with van der Waals surface area (Å²) < 4.78 is 0. The maximum absolute atomic E-state index is 10.8. The lowest BCUT2D eigenvalue weighted by atomic mass is 9.71. The lowest BCUT2D eigenvalue weighted by Gasteiger charge is -2.34. The van der Waals surface area contributed by atoms with Gasteiger partial charge in [-0.3, -0.25) is 0 Å². The average molecular weight is 196 g/mol. The number of hydrogen-bond acceptors (Lipinski definition) is 1. The fourth-order valence-corrected chi connectivity index (χ4v) is 2.38. The van der Waals surface area contributed by atoms with Crippen LogP contribution in [0.15, 0.2) is 11.6 Å². The maximum atomic E-state index is 10.8. The quantitative estimate of drug-likeness (QED) is 0.702.